The van der Waals surface area contributed by atoms with E-state index in [1.165, 1.54) is 12.1 Å². The molecule has 0 spiro atoms. The lowest BCUT2D eigenvalue weighted by Crippen LogP contribution is -2.39. The van der Waals surface area contributed by atoms with Crippen LogP contribution in [0.3, 0.4) is 0 Å². The van der Waals surface area contributed by atoms with Gasteiger partial charge in [-0.15, -0.1) is 0 Å². The molecule has 1 aromatic heterocycles. The van der Waals surface area contributed by atoms with Gasteiger partial charge in [0.15, 0.2) is 5.78 Å². The fourth-order valence-electron chi connectivity index (χ4n) is 4.68. The third kappa shape index (κ3) is 4.41. The molecule has 1 atom stereocenters. The smallest absolute Gasteiger partial charge is 0.269 e. The number of nitro groups is 1. The molecule has 2 N–H and O–H groups in total. The van der Waals surface area contributed by atoms with Crippen molar-refractivity contribution < 1.29 is 14.5 Å². The molecule has 1 aromatic carbocycles. The number of aryl methyl sites for hydroxylation is 1. The van der Waals surface area contributed by atoms with Crippen molar-refractivity contribution in [1.82, 2.24) is 10.3 Å². The van der Waals surface area contributed by atoms with E-state index in [1.807, 2.05) is 26.8 Å². The van der Waals surface area contributed by atoms with Crippen molar-refractivity contribution in [3.05, 3.63) is 86.4 Å². The molecule has 2 heterocycles. The van der Waals surface area contributed by atoms with E-state index < -0.39 is 16.7 Å². The number of hydrogen-bond donors (Lipinski definition) is 2. The van der Waals surface area contributed by atoms with Crippen LogP contribution in [0.4, 0.5) is 11.5 Å². The summed E-state index contributed by atoms with van der Waals surface area (Å²) in [6.07, 6.45) is 2.59. The average molecular weight is 447 g/mol. The molecule has 1 aliphatic heterocycles. The summed E-state index contributed by atoms with van der Waals surface area (Å²) in [4.78, 5) is 42.0. The predicted octanol–water partition coefficient (Wildman–Crippen LogP) is 4.54. The van der Waals surface area contributed by atoms with Gasteiger partial charge in [0.1, 0.15) is 5.82 Å². The number of carbonyl (C=O) groups is 2. The number of pyridine rings is 1. The fourth-order valence-corrected chi connectivity index (χ4v) is 4.68. The molecule has 1 aliphatic carbocycles. The Bertz CT molecular complexity index is 1240. The Morgan fingerprint density at radius 3 is 2.67 bits per heavy atom. The van der Waals surface area contributed by atoms with Crippen LogP contribution >= 0.6 is 0 Å². The summed E-state index contributed by atoms with van der Waals surface area (Å²) in [5.74, 6) is -0.779. The summed E-state index contributed by atoms with van der Waals surface area (Å²) < 4.78 is 0. The van der Waals surface area contributed by atoms with Crippen LogP contribution in [0, 0.1) is 22.5 Å². The number of nitrogens with one attached hydrogen (secondary N) is 2. The van der Waals surface area contributed by atoms with Gasteiger partial charge in [0.05, 0.1) is 4.92 Å². The molecule has 0 unspecified atom stereocenters. The second-order valence-electron chi connectivity index (χ2n) is 9.45. The molecule has 33 heavy (non-hydrogen) atoms. The minimum atomic E-state index is -0.713. The summed E-state index contributed by atoms with van der Waals surface area (Å²) in [6, 6.07) is 9.74. The van der Waals surface area contributed by atoms with E-state index in [1.54, 1.807) is 31.3 Å². The topological polar surface area (TPSA) is 114 Å². The van der Waals surface area contributed by atoms with Crippen LogP contribution in [-0.4, -0.2) is 21.6 Å². The van der Waals surface area contributed by atoms with Crippen LogP contribution in [0.5, 0.6) is 0 Å². The number of benzene rings is 1. The number of allylic oxidation sites excluding steroid dienone is 3. The minimum Gasteiger partial charge on any atom is -0.362 e. The van der Waals surface area contributed by atoms with Gasteiger partial charge >= 0.3 is 0 Å². The molecule has 0 fully saturated rings. The average Bonchev–Trinajstić information content (AvgIpc) is 2.71. The number of ketones is 1. The molecule has 2 aromatic rings. The first-order chi connectivity index (χ1) is 15.6. The second kappa shape index (κ2) is 8.27. The van der Waals surface area contributed by atoms with Gasteiger partial charge in [-0.3, -0.25) is 19.7 Å². The predicted molar refractivity (Wildman–Crippen MR) is 124 cm³/mol. The van der Waals surface area contributed by atoms with E-state index >= 15 is 0 Å². The summed E-state index contributed by atoms with van der Waals surface area (Å²) in [5, 5.41) is 17.6. The Balaban J connectivity index is 1.84. The van der Waals surface area contributed by atoms with Gasteiger partial charge in [0, 0.05) is 53.2 Å². The van der Waals surface area contributed by atoms with Crippen molar-refractivity contribution in [3.63, 3.8) is 0 Å². The Kier molecular flexibility index (Phi) is 5.61. The van der Waals surface area contributed by atoms with Crippen LogP contribution in [0.25, 0.3) is 0 Å². The maximum absolute atomic E-state index is 13.5. The molecule has 0 saturated carbocycles. The summed E-state index contributed by atoms with van der Waals surface area (Å²) in [6.45, 7) is 7.75. The Labute approximate surface area is 192 Å². The number of aromatic nitrogens is 1. The first kappa shape index (κ1) is 22.4. The highest BCUT2D eigenvalue weighted by atomic mass is 16.6. The number of carbonyl (C=O) groups excluding carboxylic acids is 2. The Morgan fingerprint density at radius 1 is 1.21 bits per heavy atom. The normalized spacial score (nSPS) is 19.6. The van der Waals surface area contributed by atoms with Gasteiger partial charge in [-0.25, -0.2) is 4.98 Å². The fraction of sp³-hybridized carbons (Fsp3) is 0.320. The molecular formula is C25H26N4O4. The standard InChI is InChI=1S/C25H26N4O4/c1-14-8-9-26-20(10-14)28-24(31)21-15(2)27-18-12-25(3,4)13-19(30)23(18)22(21)16-6-5-7-17(11-16)29(32)33/h5-11,22,27H,12-13H2,1-4H3,(H,26,28,31)/t22-/m1/s1. The number of anilines is 1. The maximum atomic E-state index is 13.5. The number of amides is 1. The number of nitro benzene ring substituents is 1. The molecular weight excluding hydrogens is 420 g/mol. The molecule has 8 nitrogen and oxygen atoms in total. The highest BCUT2D eigenvalue weighted by molar-refractivity contribution is 6.09. The maximum Gasteiger partial charge on any atom is 0.269 e. The first-order valence-corrected chi connectivity index (χ1v) is 10.8. The van der Waals surface area contributed by atoms with Gasteiger partial charge in [0.2, 0.25) is 0 Å². The highest BCUT2D eigenvalue weighted by Gasteiger charge is 2.43. The number of dihydropyridines is 1. The number of non-ortho nitro benzene ring substituents is 1. The van der Waals surface area contributed by atoms with Gasteiger partial charge in [-0.2, -0.15) is 0 Å². The van der Waals surface area contributed by atoms with Crippen LogP contribution in [0.1, 0.15) is 50.7 Å². The van der Waals surface area contributed by atoms with Crippen LogP contribution in [-0.2, 0) is 9.59 Å². The van der Waals surface area contributed by atoms with Crippen molar-refractivity contribution in [2.45, 2.75) is 46.5 Å². The first-order valence-electron chi connectivity index (χ1n) is 10.8. The van der Waals surface area contributed by atoms with Crippen LogP contribution in [0.2, 0.25) is 0 Å². The van der Waals surface area contributed by atoms with Crippen molar-refractivity contribution >= 4 is 23.2 Å². The second-order valence-corrected chi connectivity index (χ2v) is 9.45. The van der Waals surface area contributed by atoms with Crippen molar-refractivity contribution in [2.24, 2.45) is 5.41 Å². The van der Waals surface area contributed by atoms with E-state index in [4.69, 9.17) is 0 Å². The van der Waals surface area contributed by atoms with E-state index in [9.17, 15) is 19.7 Å². The molecule has 0 radical (unpaired) electrons. The number of Topliss-reactive ketones (excluding diaryl/α,β-unsaturated/α-hetero) is 1. The summed E-state index contributed by atoms with van der Waals surface area (Å²) >= 11 is 0. The summed E-state index contributed by atoms with van der Waals surface area (Å²) in [5.41, 5.74) is 3.41. The Morgan fingerprint density at radius 2 is 1.97 bits per heavy atom. The SMILES string of the molecule is CC1=C(C(=O)Nc2cc(C)ccn2)[C@@H](c2cccc([N+](=O)[O-])c2)C2=C(CC(C)(C)CC2=O)N1. The highest BCUT2D eigenvalue weighted by Crippen LogP contribution is 2.47. The lowest BCUT2D eigenvalue weighted by molar-refractivity contribution is -0.384. The molecule has 170 valence electrons. The molecule has 0 saturated heterocycles. The quantitative estimate of drug-likeness (QED) is 0.526. The molecule has 4 rings (SSSR count). The van der Waals surface area contributed by atoms with Gasteiger partial charge in [0.25, 0.3) is 11.6 Å². The van der Waals surface area contributed by atoms with Crippen molar-refractivity contribution in [1.29, 1.82) is 0 Å². The van der Waals surface area contributed by atoms with Crippen molar-refractivity contribution in [3.8, 4) is 0 Å². The zero-order valence-electron chi connectivity index (χ0n) is 19.1. The minimum absolute atomic E-state index is 0.0586. The van der Waals surface area contributed by atoms with Gasteiger partial charge < -0.3 is 10.6 Å². The van der Waals surface area contributed by atoms with E-state index in [2.05, 4.69) is 15.6 Å². The molecule has 0 bridgehead atoms. The van der Waals surface area contributed by atoms with E-state index in [-0.39, 0.29) is 16.9 Å². The third-order valence-electron chi connectivity index (χ3n) is 6.06. The zero-order chi connectivity index (χ0) is 23.9. The van der Waals surface area contributed by atoms with Crippen molar-refractivity contribution in [2.75, 3.05) is 5.32 Å². The molecule has 2 aliphatic rings. The lowest BCUT2D eigenvalue weighted by Gasteiger charge is -2.39. The zero-order valence-corrected chi connectivity index (χ0v) is 19.1. The molecule has 1 amide bonds. The van der Waals surface area contributed by atoms with E-state index in [0.717, 1.165) is 11.3 Å². The summed E-state index contributed by atoms with van der Waals surface area (Å²) in [7, 11) is 0. The van der Waals surface area contributed by atoms with Gasteiger partial charge in [-0.1, -0.05) is 26.0 Å². The van der Waals surface area contributed by atoms with E-state index in [0.29, 0.717) is 41.1 Å². The number of rotatable bonds is 4. The lowest BCUT2D eigenvalue weighted by atomic mass is 9.68. The number of hydrogen-bond acceptors (Lipinski definition) is 6. The largest absolute Gasteiger partial charge is 0.362 e. The monoisotopic (exact) mass is 446 g/mol. The molecule has 8 heteroatoms. The Hall–Kier alpha value is -3.81. The third-order valence-corrected chi connectivity index (χ3v) is 6.06. The van der Waals surface area contributed by atoms with Crippen LogP contribution in [0.15, 0.2) is 65.1 Å². The van der Waals surface area contributed by atoms with Gasteiger partial charge in [-0.05, 0) is 48.9 Å². The van der Waals surface area contributed by atoms with Crippen LogP contribution < -0.4 is 10.6 Å². The number of nitrogens with zero attached hydrogens (tertiary/aromatic N) is 2.